The van der Waals surface area contributed by atoms with Crippen molar-refractivity contribution in [3.63, 3.8) is 0 Å². The summed E-state index contributed by atoms with van der Waals surface area (Å²) in [7, 11) is 4.42. The van der Waals surface area contributed by atoms with Gasteiger partial charge in [-0.25, -0.2) is 9.37 Å². The number of pyridine rings is 1. The Hall–Kier alpha value is -3.89. The topological polar surface area (TPSA) is 119 Å². The average Bonchev–Trinajstić information content (AvgIpc) is 3.81. The largest absolute Gasteiger partial charge is 0.494 e. The van der Waals surface area contributed by atoms with Gasteiger partial charge in [-0.15, -0.1) is 0 Å². The molecule has 0 spiro atoms. The lowest BCUT2D eigenvalue weighted by Crippen LogP contribution is -2.43. The third-order valence-corrected chi connectivity index (χ3v) is 6.84. The van der Waals surface area contributed by atoms with Crippen LogP contribution in [0, 0.1) is 11.7 Å². The van der Waals surface area contributed by atoms with Crippen molar-refractivity contribution in [2.24, 2.45) is 5.92 Å². The molecular formula is C28H29ClFN3O6. The van der Waals surface area contributed by atoms with Gasteiger partial charge in [0.25, 0.3) is 11.8 Å². The van der Waals surface area contributed by atoms with Crippen LogP contribution in [0.3, 0.4) is 0 Å². The number of halogens is 2. The van der Waals surface area contributed by atoms with E-state index in [1.165, 1.54) is 57.7 Å². The predicted molar refractivity (Wildman–Crippen MR) is 143 cm³/mol. The Kier molecular flexibility index (Phi) is 8.57. The summed E-state index contributed by atoms with van der Waals surface area (Å²) < 4.78 is 30.0. The molecule has 2 aromatic carbocycles. The van der Waals surface area contributed by atoms with Crippen LogP contribution in [0.4, 0.5) is 4.39 Å². The number of amides is 2. The molecule has 3 aromatic rings. The summed E-state index contributed by atoms with van der Waals surface area (Å²) in [6, 6.07) is 12.1. The van der Waals surface area contributed by atoms with E-state index in [0.29, 0.717) is 28.5 Å². The second-order valence-electron chi connectivity index (χ2n) is 9.08. The maximum Gasteiger partial charge on any atom is 0.257 e. The van der Waals surface area contributed by atoms with Crippen LogP contribution in [-0.4, -0.2) is 56.3 Å². The molecule has 2 amide bonds. The molecule has 206 valence electrons. The minimum absolute atomic E-state index is 0.0630. The number of hydrogen-bond donors (Lipinski definition) is 3. The number of aromatic nitrogens is 1. The van der Waals surface area contributed by atoms with Crippen LogP contribution >= 0.6 is 11.6 Å². The van der Waals surface area contributed by atoms with Gasteiger partial charge >= 0.3 is 0 Å². The fraction of sp³-hybridized carbons (Fsp3) is 0.321. The summed E-state index contributed by atoms with van der Waals surface area (Å²) in [4.78, 5) is 29.2. The van der Waals surface area contributed by atoms with Crippen molar-refractivity contribution < 1.29 is 33.3 Å². The van der Waals surface area contributed by atoms with Gasteiger partial charge in [-0.1, -0.05) is 11.6 Å². The van der Waals surface area contributed by atoms with Crippen molar-refractivity contribution in [3.8, 4) is 28.5 Å². The van der Waals surface area contributed by atoms with E-state index in [0.717, 1.165) is 12.8 Å². The molecule has 1 aliphatic rings. The molecule has 0 aliphatic heterocycles. The number of methoxy groups -OCH3 is 2. The lowest BCUT2D eigenvalue weighted by molar-refractivity contribution is -0.122. The summed E-state index contributed by atoms with van der Waals surface area (Å²) in [5.74, 6) is -0.407. The zero-order valence-electron chi connectivity index (χ0n) is 21.7. The summed E-state index contributed by atoms with van der Waals surface area (Å²) >= 11 is 5.99. The highest BCUT2D eigenvalue weighted by Gasteiger charge is 2.46. The van der Waals surface area contributed by atoms with E-state index in [4.69, 9.17) is 25.8 Å². The Morgan fingerprint density at radius 3 is 2.44 bits per heavy atom. The molecule has 3 N–H and O–H groups in total. The van der Waals surface area contributed by atoms with E-state index in [1.807, 2.05) is 0 Å². The highest BCUT2D eigenvalue weighted by molar-refractivity contribution is 6.31. The number of aliphatic hydroxyl groups is 1. The van der Waals surface area contributed by atoms with Crippen LogP contribution in [-0.2, 0) is 10.4 Å². The molecule has 9 nitrogen and oxygen atoms in total. The van der Waals surface area contributed by atoms with Crippen LogP contribution < -0.4 is 24.8 Å². The van der Waals surface area contributed by atoms with E-state index < -0.39 is 17.3 Å². The van der Waals surface area contributed by atoms with Gasteiger partial charge in [-0.3, -0.25) is 9.59 Å². The normalized spacial score (nSPS) is 14.2. The highest BCUT2D eigenvalue weighted by Crippen LogP contribution is 2.46. The van der Waals surface area contributed by atoms with Crippen LogP contribution in [0.5, 0.6) is 17.2 Å². The molecule has 39 heavy (non-hydrogen) atoms. The molecule has 4 rings (SSSR count). The molecule has 0 radical (unpaired) electrons. The number of rotatable bonds is 11. The Labute approximate surface area is 230 Å². The van der Waals surface area contributed by atoms with Gasteiger partial charge in [0, 0.05) is 18.2 Å². The number of carbonyl (C=O) groups is 2. The third kappa shape index (κ3) is 6.23. The van der Waals surface area contributed by atoms with Gasteiger partial charge in [-0.05, 0) is 67.3 Å². The number of hydrogen-bond acceptors (Lipinski definition) is 7. The summed E-state index contributed by atoms with van der Waals surface area (Å²) in [5.41, 5.74) is 0.0763. The van der Waals surface area contributed by atoms with Crippen molar-refractivity contribution in [3.05, 3.63) is 70.6 Å². The van der Waals surface area contributed by atoms with E-state index >= 15 is 0 Å². The summed E-state index contributed by atoms with van der Waals surface area (Å²) in [5, 5.41) is 17.0. The van der Waals surface area contributed by atoms with Crippen LogP contribution in [0.25, 0.3) is 11.3 Å². The smallest absolute Gasteiger partial charge is 0.257 e. The van der Waals surface area contributed by atoms with Crippen LogP contribution in [0.2, 0.25) is 5.02 Å². The molecule has 1 unspecified atom stereocenters. The number of ether oxygens (including phenoxy) is 3. The van der Waals surface area contributed by atoms with Crippen LogP contribution in [0.1, 0.15) is 28.9 Å². The standard InChI is InChI=1S/C28H29ClFN3O6/c1-31-25(34)14-39-21-9-5-17(13-23(21)38-3)27(35)32-15-28(36,18-6-7-18)24-11-10-22(37-2)26(33-24)16-4-8-20(30)19(29)12-16/h4-5,8-13,18,36H,6-7,14-15H2,1-3H3,(H,31,34)(H,32,35). The molecule has 1 heterocycles. The Bertz CT molecular complexity index is 1380. The van der Waals surface area contributed by atoms with E-state index in [-0.39, 0.29) is 41.3 Å². The number of likely N-dealkylation sites (N-methyl/N-ethyl adjacent to an activating group) is 1. The van der Waals surface area contributed by atoms with Crippen molar-refractivity contribution in [1.82, 2.24) is 15.6 Å². The average molecular weight is 558 g/mol. The van der Waals surface area contributed by atoms with Crippen molar-refractivity contribution in [2.75, 3.05) is 34.4 Å². The number of carbonyl (C=O) groups excluding carboxylic acids is 2. The number of nitrogens with one attached hydrogen (secondary N) is 2. The first-order valence-corrected chi connectivity index (χ1v) is 12.6. The minimum Gasteiger partial charge on any atom is -0.494 e. The first-order valence-electron chi connectivity index (χ1n) is 12.2. The van der Waals surface area contributed by atoms with Crippen LogP contribution in [0.15, 0.2) is 48.5 Å². The molecule has 0 bridgehead atoms. The van der Waals surface area contributed by atoms with Crippen molar-refractivity contribution in [2.45, 2.75) is 18.4 Å². The monoisotopic (exact) mass is 557 g/mol. The van der Waals surface area contributed by atoms with Gasteiger partial charge in [0.05, 0.1) is 31.5 Å². The molecule has 1 atom stereocenters. The minimum atomic E-state index is -1.46. The fourth-order valence-electron chi connectivity index (χ4n) is 4.17. The second kappa shape index (κ2) is 11.9. The van der Waals surface area contributed by atoms with E-state index in [9.17, 15) is 19.1 Å². The maximum atomic E-state index is 13.8. The second-order valence-corrected chi connectivity index (χ2v) is 9.49. The Morgan fingerprint density at radius 1 is 1.08 bits per heavy atom. The van der Waals surface area contributed by atoms with Crippen molar-refractivity contribution in [1.29, 1.82) is 0 Å². The van der Waals surface area contributed by atoms with Gasteiger partial charge in [-0.2, -0.15) is 0 Å². The fourth-order valence-corrected chi connectivity index (χ4v) is 4.35. The lowest BCUT2D eigenvalue weighted by atomic mass is 9.92. The molecular weight excluding hydrogens is 529 g/mol. The van der Waals surface area contributed by atoms with E-state index in [2.05, 4.69) is 15.6 Å². The molecule has 1 aliphatic carbocycles. The predicted octanol–water partition coefficient (Wildman–Crippen LogP) is 3.71. The van der Waals surface area contributed by atoms with Crippen molar-refractivity contribution >= 4 is 23.4 Å². The van der Waals surface area contributed by atoms with Gasteiger partial charge in [0.2, 0.25) is 0 Å². The number of nitrogens with zero attached hydrogens (tertiary/aromatic N) is 1. The summed E-state index contributed by atoms with van der Waals surface area (Å²) in [6.45, 7) is -0.301. The molecule has 0 saturated heterocycles. The zero-order valence-corrected chi connectivity index (χ0v) is 22.5. The SMILES string of the molecule is CNC(=O)COc1ccc(C(=O)NCC(O)(c2ccc(OC)c(-c3ccc(F)c(Cl)c3)n2)C2CC2)cc1OC. The quantitative estimate of drug-likeness (QED) is 0.329. The molecule has 1 saturated carbocycles. The van der Waals surface area contributed by atoms with Gasteiger partial charge in [0.15, 0.2) is 18.1 Å². The maximum absolute atomic E-state index is 13.8. The van der Waals surface area contributed by atoms with Gasteiger partial charge < -0.3 is 30.0 Å². The molecule has 1 fully saturated rings. The first-order chi connectivity index (χ1) is 18.7. The number of benzene rings is 2. The Morgan fingerprint density at radius 2 is 1.79 bits per heavy atom. The lowest BCUT2D eigenvalue weighted by Gasteiger charge is -2.29. The molecule has 1 aromatic heterocycles. The van der Waals surface area contributed by atoms with E-state index in [1.54, 1.807) is 12.1 Å². The molecule has 11 heteroatoms. The first kappa shape index (κ1) is 28.1. The summed E-state index contributed by atoms with van der Waals surface area (Å²) in [6.07, 6.45) is 1.53. The highest BCUT2D eigenvalue weighted by atomic mass is 35.5. The van der Waals surface area contributed by atoms with Gasteiger partial charge in [0.1, 0.15) is 22.9 Å². The third-order valence-electron chi connectivity index (χ3n) is 6.55. The zero-order chi connectivity index (χ0) is 28.2. The Balaban J connectivity index is 1.56.